The summed E-state index contributed by atoms with van der Waals surface area (Å²) < 4.78 is 38.5. The molecule has 41 heavy (non-hydrogen) atoms. The summed E-state index contributed by atoms with van der Waals surface area (Å²) in [5, 5.41) is 5.06. The van der Waals surface area contributed by atoms with Crippen LogP contribution in [0.3, 0.4) is 0 Å². The van der Waals surface area contributed by atoms with Gasteiger partial charge in [-0.2, -0.15) is 0 Å². The lowest BCUT2D eigenvalue weighted by molar-refractivity contribution is 0.0115. The van der Waals surface area contributed by atoms with Crippen LogP contribution in [-0.2, 0) is 32.0 Å². The third-order valence-corrected chi connectivity index (χ3v) is 6.43. The van der Waals surface area contributed by atoms with Gasteiger partial charge in [-0.15, -0.1) is 0 Å². The van der Waals surface area contributed by atoms with E-state index in [0.29, 0.717) is 70.8 Å². The minimum absolute atomic E-state index is 0.254. The summed E-state index contributed by atoms with van der Waals surface area (Å²) in [4.78, 5) is 13.5. The van der Waals surface area contributed by atoms with E-state index in [1.807, 2.05) is 61.9 Å². The van der Waals surface area contributed by atoms with Crippen molar-refractivity contribution in [2.45, 2.75) is 45.9 Å². The van der Waals surface area contributed by atoms with Crippen LogP contribution in [0.1, 0.15) is 38.3 Å². The molecule has 0 saturated heterocycles. The zero-order chi connectivity index (χ0) is 29.7. The van der Waals surface area contributed by atoms with Crippen molar-refractivity contribution in [3.05, 3.63) is 70.6 Å². The molecule has 0 saturated carbocycles. The number of benzene rings is 2. The third-order valence-electron chi connectivity index (χ3n) is 6.18. The maximum absolute atomic E-state index is 14.4. The van der Waals surface area contributed by atoms with Crippen molar-refractivity contribution in [1.29, 1.82) is 0 Å². The topological polar surface area (TPSA) is 74.2 Å². The smallest absolute Gasteiger partial charge is 0.410 e. The van der Waals surface area contributed by atoms with Gasteiger partial charge in [0.15, 0.2) is 0 Å². The summed E-state index contributed by atoms with van der Waals surface area (Å²) in [5.41, 5.74) is 2.38. The van der Waals surface area contributed by atoms with E-state index < -0.39 is 5.60 Å². The molecule has 0 spiro atoms. The van der Waals surface area contributed by atoms with Gasteiger partial charge in [-0.1, -0.05) is 23.7 Å². The van der Waals surface area contributed by atoms with Crippen molar-refractivity contribution < 1.29 is 28.1 Å². The molecule has 1 heterocycles. The van der Waals surface area contributed by atoms with Crippen molar-refractivity contribution in [3.63, 3.8) is 0 Å². The highest BCUT2D eigenvalue weighted by molar-refractivity contribution is 6.30. The van der Waals surface area contributed by atoms with Crippen molar-refractivity contribution in [2.75, 3.05) is 59.8 Å². The Bertz CT molecular complexity index is 1210. The van der Waals surface area contributed by atoms with Crippen LogP contribution in [0.25, 0.3) is 10.9 Å². The molecule has 0 atom stereocenters. The van der Waals surface area contributed by atoms with Gasteiger partial charge in [0.05, 0.1) is 38.6 Å². The summed E-state index contributed by atoms with van der Waals surface area (Å²) in [5.74, 6) is -0.254. The first-order valence-corrected chi connectivity index (χ1v) is 14.4. The molecule has 0 aliphatic heterocycles. The average Bonchev–Trinajstić information content (AvgIpc) is 3.31. The Kier molecular flexibility index (Phi) is 13.3. The molecule has 2 aromatic carbocycles. The lowest BCUT2D eigenvalue weighted by Gasteiger charge is -2.24. The van der Waals surface area contributed by atoms with Gasteiger partial charge >= 0.3 is 6.09 Å². The highest BCUT2D eigenvalue weighted by Crippen LogP contribution is 2.23. The maximum Gasteiger partial charge on any atom is 0.410 e. The van der Waals surface area contributed by atoms with Crippen LogP contribution in [0.15, 0.2) is 48.7 Å². The van der Waals surface area contributed by atoms with E-state index >= 15 is 0 Å². The van der Waals surface area contributed by atoms with Crippen LogP contribution in [0.5, 0.6) is 0 Å². The van der Waals surface area contributed by atoms with Crippen LogP contribution in [0.2, 0.25) is 5.02 Å². The molecule has 3 aromatic rings. The molecule has 1 aromatic heterocycles. The van der Waals surface area contributed by atoms with E-state index in [1.54, 1.807) is 24.1 Å². The number of hydrogen-bond donors (Lipinski definition) is 1. The van der Waals surface area contributed by atoms with Crippen molar-refractivity contribution in [3.8, 4) is 0 Å². The van der Waals surface area contributed by atoms with E-state index in [1.165, 1.54) is 0 Å². The molecule has 1 amide bonds. The zero-order valence-corrected chi connectivity index (χ0v) is 25.3. The fourth-order valence-electron chi connectivity index (χ4n) is 4.15. The Balaban J connectivity index is 1.22. The van der Waals surface area contributed by atoms with E-state index in [0.717, 1.165) is 28.5 Å². The standard InChI is InChI=1S/C31H43ClFN3O5/c1-31(2,3)41-30(37)35(4)12-5-14-38-16-18-40-19-17-39-15-11-34-22-25-20-27(33)21-29-28(25)10-13-36(29)23-24-6-8-26(32)9-7-24/h6-10,13,20-21,34H,5,11-12,14-19,22-23H2,1-4H3. The number of rotatable bonds is 17. The Hall–Kier alpha value is -2.69. The molecule has 0 radical (unpaired) electrons. The number of carbonyl (C=O) groups is 1. The normalized spacial score (nSPS) is 11.8. The van der Waals surface area contributed by atoms with E-state index in [4.69, 9.17) is 30.5 Å². The highest BCUT2D eigenvalue weighted by atomic mass is 35.5. The Labute approximate surface area is 247 Å². The zero-order valence-electron chi connectivity index (χ0n) is 24.6. The molecule has 0 aliphatic carbocycles. The summed E-state index contributed by atoms with van der Waals surface area (Å²) in [6.07, 6.45) is 2.38. The van der Waals surface area contributed by atoms with Crippen molar-refractivity contribution in [2.24, 2.45) is 0 Å². The fraction of sp³-hybridized carbons (Fsp3) is 0.516. The maximum atomic E-state index is 14.4. The quantitative estimate of drug-likeness (QED) is 0.198. The van der Waals surface area contributed by atoms with E-state index in [2.05, 4.69) is 5.32 Å². The minimum atomic E-state index is -0.497. The number of carbonyl (C=O) groups excluding carboxylic acids is 1. The largest absolute Gasteiger partial charge is 0.444 e. The molecule has 1 N–H and O–H groups in total. The number of aromatic nitrogens is 1. The molecule has 0 bridgehead atoms. The first-order valence-electron chi connectivity index (χ1n) is 14.0. The predicted octanol–water partition coefficient (Wildman–Crippen LogP) is 5.88. The summed E-state index contributed by atoms with van der Waals surface area (Å²) in [7, 11) is 1.72. The summed E-state index contributed by atoms with van der Waals surface area (Å²) in [6, 6.07) is 12.9. The van der Waals surface area contributed by atoms with Gasteiger partial charge in [-0.25, -0.2) is 9.18 Å². The predicted molar refractivity (Wildman–Crippen MR) is 160 cm³/mol. The van der Waals surface area contributed by atoms with Gasteiger partial charge in [0.1, 0.15) is 11.4 Å². The van der Waals surface area contributed by atoms with Crippen LogP contribution < -0.4 is 5.32 Å². The van der Waals surface area contributed by atoms with Crippen molar-refractivity contribution >= 4 is 28.6 Å². The third kappa shape index (κ3) is 12.0. The second-order valence-corrected chi connectivity index (χ2v) is 11.3. The second-order valence-electron chi connectivity index (χ2n) is 10.8. The summed E-state index contributed by atoms with van der Waals surface area (Å²) >= 11 is 5.99. The van der Waals surface area contributed by atoms with E-state index in [-0.39, 0.29) is 11.9 Å². The molecule has 0 aliphatic rings. The Morgan fingerprint density at radius 2 is 1.63 bits per heavy atom. The number of halogens is 2. The average molecular weight is 592 g/mol. The second kappa shape index (κ2) is 16.7. The number of ether oxygens (including phenoxy) is 4. The first-order chi connectivity index (χ1) is 19.6. The molecule has 10 heteroatoms. The van der Waals surface area contributed by atoms with Crippen molar-refractivity contribution in [1.82, 2.24) is 14.8 Å². The van der Waals surface area contributed by atoms with Gasteiger partial charge in [0.2, 0.25) is 0 Å². The van der Waals surface area contributed by atoms with Gasteiger partial charge in [0, 0.05) is 56.4 Å². The van der Waals surface area contributed by atoms with Gasteiger partial charge in [-0.05, 0) is 68.7 Å². The molecule has 0 unspecified atom stereocenters. The fourth-order valence-corrected chi connectivity index (χ4v) is 4.27. The van der Waals surface area contributed by atoms with Crippen LogP contribution in [0, 0.1) is 5.82 Å². The Morgan fingerprint density at radius 1 is 0.976 bits per heavy atom. The lowest BCUT2D eigenvalue weighted by Crippen LogP contribution is -2.35. The molecule has 8 nitrogen and oxygen atoms in total. The monoisotopic (exact) mass is 591 g/mol. The van der Waals surface area contributed by atoms with Crippen LogP contribution in [0.4, 0.5) is 9.18 Å². The SMILES string of the molecule is CN(CCCOCCOCCOCCNCc1cc(F)cc2c1ccn2Cc1ccc(Cl)cc1)C(=O)OC(C)(C)C. The number of fused-ring (bicyclic) bond motifs is 1. The Morgan fingerprint density at radius 3 is 2.32 bits per heavy atom. The number of nitrogens with zero attached hydrogens (tertiary/aromatic N) is 2. The van der Waals surface area contributed by atoms with E-state index in [9.17, 15) is 9.18 Å². The minimum Gasteiger partial charge on any atom is -0.444 e. The lowest BCUT2D eigenvalue weighted by atomic mass is 10.1. The van der Waals surface area contributed by atoms with Gasteiger partial charge in [-0.3, -0.25) is 0 Å². The molecule has 0 fully saturated rings. The highest BCUT2D eigenvalue weighted by Gasteiger charge is 2.19. The number of hydrogen-bond acceptors (Lipinski definition) is 6. The van der Waals surface area contributed by atoms with Crippen LogP contribution >= 0.6 is 11.6 Å². The first kappa shape index (κ1) is 32.8. The molecular weight excluding hydrogens is 549 g/mol. The molecule has 3 rings (SSSR count). The molecule has 226 valence electrons. The summed E-state index contributed by atoms with van der Waals surface area (Å²) in [6.45, 7) is 11.0. The van der Waals surface area contributed by atoms with Gasteiger partial charge < -0.3 is 33.7 Å². The molecular formula is C31H43ClFN3O5. The van der Waals surface area contributed by atoms with Gasteiger partial charge in [0.25, 0.3) is 0 Å². The van der Waals surface area contributed by atoms with Crippen LogP contribution in [-0.4, -0.2) is 80.9 Å². The number of amides is 1. The number of nitrogens with one attached hydrogen (secondary N) is 1.